The third-order valence-corrected chi connectivity index (χ3v) is 5.25. The fourth-order valence-corrected chi connectivity index (χ4v) is 3.71. The highest BCUT2D eigenvalue weighted by atomic mass is 35.5. The number of rotatable bonds is 4. The first kappa shape index (κ1) is 18.0. The summed E-state index contributed by atoms with van der Waals surface area (Å²) in [4.78, 5) is 17.9. The Morgan fingerprint density at radius 1 is 1.22 bits per heavy atom. The van der Waals surface area contributed by atoms with Crippen LogP contribution in [0.15, 0.2) is 48.5 Å². The highest BCUT2D eigenvalue weighted by Crippen LogP contribution is 2.30. The van der Waals surface area contributed by atoms with Crippen molar-refractivity contribution in [2.24, 2.45) is 0 Å². The van der Waals surface area contributed by atoms with Gasteiger partial charge in [-0.3, -0.25) is 4.79 Å². The molecule has 1 amide bonds. The van der Waals surface area contributed by atoms with Crippen molar-refractivity contribution in [3.63, 3.8) is 0 Å². The number of nitrogens with one attached hydrogen (secondary N) is 1. The standard InChI is InChI=1S/C22H21ClN2O2/c1-14-20(22(26)24-13-17-5-4-12-27-17)18-6-2-3-7-19(18)25-21(14)15-8-10-16(23)11-9-15/h2-3,6-11,17H,4-5,12-13H2,1H3,(H,24,26)/t17-/m1/s1. The van der Waals surface area contributed by atoms with Crippen LogP contribution >= 0.6 is 11.6 Å². The van der Waals surface area contributed by atoms with Crippen LogP contribution in [0.25, 0.3) is 22.2 Å². The molecule has 0 saturated carbocycles. The van der Waals surface area contributed by atoms with Crippen LogP contribution < -0.4 is 5.32 Å². The van der Waals surface area contributed by atoms with Crippen LogP contribution in [-0.2, 0) is 4.74 Å². The van der Waals surface area contributed by atoms with Gasteiger partial charge in [-0.2, -0.15) is 0 Å². The molecule has 0 radical (unpaired) electrons. The van der Waals surface area contributed by atoms with Crippen LogP contribution in [0.4, 0.5) is 0 Å². The second-order valence-corrected chi connectivity index (χ2v) is 7.27. The van der Waals surface area contributed by atoms with Crippen molar-refractivity contribution in [1.82, 2.24) is 10.3 Å². The first-order valence-corrected chi connectivity index (χ1v) is 9.56. The van der Waals surface area contributed by atoms with E-state index in [9.17, 15) is 4.79 Å². The number of amides is 1. The lowest BCUT2D eigenvalue weighted by atomic mass is 9.97. The molecule has 0 aliphatic carbocycles. The van der Waals surface area contributed by atoms with E-state index in [-0.39, 0.29) is 12.0 Å². The van der Waals surface area contributed by atoms with Crippen molar-refractivity contribution in [3.8, 4) is 11.3 Å². The molecule has 1 aromatic heterocycles. The summed E-state index contributed by atoms with van der Waals surface area (Å²) in [5.74, 6) is -0.0863. The number of carbonyl (C=O) groups excluding carboxylic acids is 1. The summed E-state index contributed by atoms with van der Waals surface area (Å²) in [6.45, 7) is 3.26. The molecule has 2 aromatic carbocycles. The van der Waals surface area contributed by atoms with E-state index in [0.717, 1.165) is 47.2 Å². The van der Waals surface area contributed by atoms with Gasteiger partial charge in [0.25, 0.3) is 5.91 Å². The van der Waals surface area contributed by atoms with Gasteiger partial charge >= 0.3 is 0 Å². The van der Waals surface area contributed by atoms with E-state index in [4.69, 9.17) is 21.3 Å². The Morgan fingerprint density at radius 2 is 2.00 bits per heavy atom. The largest absolute Gasteiger partial charge is 0.376 e. The van der Waals surface area contributed by atoms with E-state index < -0.39 is 0 Å². The zero-order valence-electron chi connectivity index (χ0n) is 15.2. The van der Waals surface area contributed by atoms with E-state index in [2.05, 4.69) is 5.32 Å². The van der Waals surface area contributed by atoms with Gasteiger partial charge in [0, 0.05) is 29.1 Å². The van der Waals surface area contributed by atoms with Crippen LogP contribution in [-0.4, -0.2) is 30.1 Å². The fourth-order valence-electron chi connectivity index (χ4n) is 3.59. The predicted octanol–water partition coefficient (Wildman–Crippen LogP) is 4.77. The highest BCUT2D eigenvalue weighted by molar-refractivity contribution is 6.30. The molecular formula is C22H21ClN2O2. The minimum atomic E-state index is -0.0863. The van der Waals surface area contributed by atoms with Crippen molar-refractivity contribution in [2.45, 2.75) is 25.9 Å². The zero-order chi connectivity index (χ0) is 18.8. The monoisotopic (exact) mass is 380 g/mol. The number of hydrogen-bond acceptors (Lipinski definition) is 3. The van der Waals surface area contributed by atoms with Crippen LogP contribution in [0.2, 0.25) is 5.02 Å². The average molecular weight is 381 g/mol. The van der Waals surface area contributed by atoms with E-state index in [1.807, 2.05) is 55.5 Å². The van der Waals surface area contributed by atoms with Crippen molar-refractivity contribution in [2.75, 3.05) is 13.2 Å². The highest BCUT2D eigenvalue weighted by Gasteiger charge is 2.21. The van der Waals surface area contributed by atoms with E-state index in [1.54, 1.807) is 0 Å². The quantitative estimate of drug-likeness (QED) is 0.709. The Morgan fingerprint density at radius 3 is 2.74 bits per heavy atom. The molecule has 0 bridgehead atoms. The Kier molecular flexibility index (Phi) is 5.10. The lowest BCUT2D eigenvalue weighted by Crippen LogP contribution is -2.32. The molecule has 138 valence electrons. The number of benzene rings is 2. The fraction of sp³-hybridized carbons (Fsp3) is 0.273. The number of ether oxygens (including phenoxy) is 1. The number of carbonyl (C=O) groups is 1. The summed E-state index contributed by atoms with van der Waals surface area (Å²) in [6, 6.07) is 15.3. The van der Waals surface area contributed by atoms with E-state index >= 15 is 0 Å². The minimum absolute atomic E-state index is 0.0863. The maximum atomic E-state index is 13.1. The van der Waals surface area contributed by atoms with E-state index in [0.29, 0.717) is 17.1 Å². The van der Waals surface area contributed by atoms with Gasteiger partial charge in [0.05, 0.1) is 22.9 Å². The van der Waals surface area contributed by atoms with Crippen molar-refractivity contribution in [1.29, 1.82) is 0 Å². The Bertz CT molecular complexity index is 980. The van der Waals surface area contributed by atoms with Crippen LogP contribution in [0, 0.1) is 6.92 Å². The van der Waals surface area contributed by atoms with Crippen LogP contribution in [0.3, 0.4) is 0 Å². The normalized spacial score (nSPS) is 16.6. The maximum absolute atomic E-state index is 13.1. The zero-order valence-corrected chi connectivity index (χ0v) is 15.9. The maximum Gasteiger partial charge on any atom is 0.252 e. The molecule has 4 rings (SSSR count). The molecule has 1 saturated heterocycles. The predicted molar refractivity (Wildman–Crippen MR) is 108 cm³/mol. The second kappa shape index (κ2) is 7.67. The minimum Gasteiger partial charge on any atom is -0.376 e. The molecule has 0 unspecified atom stereocenters. The molecule has 1 fully saturated rings. The Hall–Kier alpha value is -2.43. The SMILES string of the molecule is Cc1c(-c2ccc(Cl)cc2)nc2ccccc2c1C(=O)NC[C@H]1CCCO1. The van der Waals surface area contributed by atoms with Gasteiger partial charge in [0.2, 0.25) is 0 Å². The third kappa shape index (κ3) is 3.68. The third-order valence-electron chi connectivity index (χ3n) is 4.99. The van der Waals surface area contributed by atoms with Gasteiger partial charge in [-0.05, 0) is 43.5 Å². The molecule has 3 aromatic rings. The van der Waals surface area contributed by atoms with Gasteiger partial charge < -0.3 is 10.1 Å². The summed E-state index contributed by atoms with van der Waals surface area (Å²) in [6.07, 6.45) is 2.16. The van der Waals surface area contributed by atoms with Gasteiger partial charge in [-0.25, -0.2) is 4.98 Å². The molecule has 4 nitrogen and oxygen atoms in total. The van der Waals surface area contributed by atoms with Crippen molar-refractivity contribution >= 4 is 28.4 Å². The molecule has 1 N–H and O–H groups in total. The number of nitrogens with zero attached hydrogens (tertiary/aromatic N) is 1. The van der Waals surface area contributed by atoms with Gasteiger partial charge in [-0.15, -0.1) is 0 Å². The molecule has 2 heterocycles. The molecular weight excluding hydrogens is 360 g/mol. The van der Waals surface area contributed by atoms with Crippen LogP contribution in [0.5, 0.6) is 0 Å². The van der Waals surface area contributed by atoms with Gasteiger partial charge in [-0.1, -0.05) is 41.9 Å². The summed E-state index contributed by atoms with van der Waals surface area (Å²) < 4.78 is 5.62. The average Bonchev–Trinajstić information content (AvgIpc) is 3.20. The second-order valence-electron chi connectivity index (χ2n) is 6.83. The summed E-state index contributed by atoms with van der Waals surface area (Å²) in [5, 5.41) is 4.58. The summed E-state index contributed by atoms with van der Waals surface area (Å²) in [5.41, 5.74) is 4.07. The molecule has 1 atom stereocenters. The molecule has 1 aliphatic heterocycles. The molecule has 27 heavy (non-hydrogen) atoms. The van der Waals surface area contributed by atoms with Crippen LogP contribution in [0.1, 0.15) is 28.8 Å². The Balaban J connectivity index is 1.76. The first-order valence-electron chi connectivity index (χ1n) is 9.18. The lowest BCUT2D eigenvalue weighted by molar-refractivity contribution is 0.0858. The molecule has 0 spiro atoms. The number of pyridine rings is 1. The van der Waals surface area contributed by atoms with Gasteiger partial charge in [0.1, 0.15) is 0 Å². The van der Waals surface area contributed by atoms with Gasteiger partial charge in [0.15, 0.2) is 0 Å². The van der Waals surface area contributed by atoms with Crippen molar-refractivity contribution in [3.05, 3.63) is 64.7 Å². The number of aromatic nitrogens is 1. The Labute approximate surface area is 163 Å². The molecule has 1 aliphatic rings. The number of fused-ring (bicyclic) bond motifs is 1. The summed E-state index contributed by atoms with van der Waals surface area (Å²) in [7, 11) is 0. The number of halogens is 1. The first-order chi connectivity index (χ1) is 13.1. The van der Waals surface area contributed by atoms with Crippen molar-refractivity contribution < 1.29 is 9.53 Å². The van der Waals surface area contributed by atoms with E-state index in [1.165, 1.54) is 0 Å². The molecule has 5 heteroatoms. The number of para-hydroxylation sites is 1. The number of hydrogen-bond donors (Lipinski definition) is 1. The topological polar surface area (TPSA) is 51.2 Å². The summed E-state index contributed by atoms with van der Waals surface area (Å²) >= 11 is 6.02. The lowest BCUT2D eigenvalue weighted by Gasteiger charge is -2.16. The smallest absolute Gasteiger partial charge is 0.252 e.